The standard InChI is InChI=1S/C17H14Cl2OS/c1-17(20,10-12-8-13(18)6-7-14(12)19)16-9-11-4-2-3-5-15(11)21-16/h2-9,20H,10H2,1H3. The zero-order chi connectivity index (χ0) is 15.0. The molecule has 0 aliphatic rings. The molecule has 1 heterocycles. The minimum absolute atomic E-state index is 0.430. The molecule has 0 radical (unpaired) electrons. The summed E-state index contributed by atoms with van der Waals surface area (Å²) < 4.78 is 1.17. The molecule has 0 aliphatic heterocycles. The molecule has 2 aromatic carbocycles. The van der Waals surface area contributed by atoms with Crippen LogP contribution in [0.25, 0.3) is 10.1 Å². The normalized spacial score (nSPS) is 14.3. The van der Waals surface area contributed by atoms with Gasteiger partial charge in [-0.2, -0.15) is 0 Å². The lowest BCUT2D eigenvalue weighted by molar-refractivity contribution is 0.0616. The monoisotopic (exact) mass is 336 g/mol. The first-order chi connectivity index (χ1) is 9.95. The van der Waals surface area contributed by atoms with Crippen LogP contribution in [0.2, 0.25) is 10.0 Å². The maximum Gasteiger partial charge on any atom is 0.100 e. The Labute approximate surface area is 137 Å². The Balaban J connectivity index is 1.97. The minimum atomic E-state index is -0.974. The van der Waals surface area contributed by atoms with E-state index in [0.29, 0.717) is 16.5 Å². The Morgan fingerprint density at radius 3 is 2.62 bits per heavy atom. The summed E-state index contributed by atoms with van der Waals surface area (Å²) in [5.74, 6) is 0. The summed E-state index contributed by atoms with van der Waals surface area (Å²) in [7, 11) is 0. The van der Waals surface area contributed by atoms with Crippen molar-refractivity contribution in [2.75, 3.05) is 0 Å². The van der Waals surface area contributed by atoms with Crippen LogP contribution in [0.1, 0.15) is 17.4 Å². The van der Waals surface area contributed by atoms with E-state index < -0.39 is 5.60 Å². The van der Waals surface area contributed by atoms with Crippen molar-refractivity contribution in [1.29, 1.82) is 0 Å². The average molecular weight is 337 g/mol. The molecule has 0 aliphatic carbocycles. The Kier molecular flexibility index (Phi) is 3.98. The van der Waals surface area contributed by atoms with Crippen LogP contribution in [-0.2, 0) is 12.0 Å². The minimum Gasteiger partial charge on any atom is -0.384 e. The number of aliphatic hydroxyl groups is 1. The van der Waals surface area contributed by atoms with Crippen LogP contribution < -0.4 is 0 Å². The predicted molar refractivity (Wildman–Crippen MR) is 91.6 cm³/mol. The summed E-state index contributed by atoms with van der Waals surface area (Å²) in [5.41, 5.74) is -0.121. The van der Waals surface area contributed by atoms with Crippen LogP contribution in [0.15, 0.2) is 48.5 Å². The van der Waals surface area contributed by atoms with Gasteiger partial charge in [-0.3, -0.25) is 0 Å². The second kappa shape index (κ2) is 5.62. The van der Waals surface area contributed by atoms with E-state index >= 15 is 0 Å². The lowest BCUT2D eigenvalue weighted by atomic mass is 9.94. The summed E-state index contributed by atoms with van der Waals surface area (Å²) in [6, 6.07) is 15.5. The molecule has 1 aromatic heterocycles. The molecule has 0 bridgehead atoms. The second-order valence-electron chi connectivity index (χ2n) is 5.33. The van der Waals surface area contributed by atoms with Gasteiger partial charge in [0.15, 0.2) is 0 Å². The molecule has 3 aromatic rings. The summed E-state index contributed by atoms with van der Waals surface area (Å²) in [6.07, 6.45) is 0.430. The third-order valence-corrected chi connectivity index (χ3v) is 5.47. The highest BCUT2D eigenvalue weighted by Gasteiger charge is 2.27. The summed E-state index contributed by atoms with van der Waals surface area (Å²) in [5, 5.41) is 13.3. The summed E-state index contributed by atoms with van der Waals surface area (Å²) in [4.78, 5) is 0.930. The van der Waals surface area contributed by atoms with E-state index in [0.717, 1.165) is 15.8 Å². The Morgan fingerprint density at radius 1 is 1.10 bits per heavy atom. The van der Waals surface area contributed by atoms with Crippen molar-refractivity contribution >= 4 is 44.6 Å². The highest BCUT2D eigenvalue weighted by atomic mass is 35.5. The SMILES string of the molecule is CC(O)(Cc1cc(Cl)ccc1Cl)c1cc2ccccc2s1. The number of rotatable bonds is 3. The van der Waals surface area contributed by atoms with E-state index in [1.165, 1.54) is 4.70 Å². The average Bonchev–Trinajstić information content (AvgIpc) is 2.87. The molecule has 0 saturated heterocycles. The number of fused-ring (bicyclic) bond motifs is 1. The highest BCUT2D eigenvalue weighted by molar-refractivity contribution is 7.19. The third-order valence-electron chi connectivity index (χ3n) is 3.50. The number of halogens is 2. The van der Waals surface area contributed by atoms with Crippen LogP contribution >= 0.6 is 34.5 Å². The van der Waals surface area contributed by atoms with E-state index in [2.05, 4.69) is 12.1 Å². The van der Waals surface area contributed by atoms with Gasteiger partial charge < -0.3 is 5.11 Å². The van der Waals surface area contributed by atoms with Crippen LogP contribution in [-0.4, -0.2) is 5.11 Å². The van der Waals surface area contributed by atoms with Crippen molar-refractivity contribution in [2.24, 2.45) is 0 Å². The lowest BCUT2D eigenvalue weighted by Gasteiger charge is -2.22. The van der Waals surface area contributed by atoms with Crippen LogP contribution in [0.4, 0.5) is 0 Å². The van der Waals surface area contributed by atoms with Crippen molar-refractivity contribution in [3.63, 3.8) is 0 Å². The zero-order valence-electron chi connectivity index (χ0n) is 11.4. The van der Waals surface area contributed by atoms with E-state index in [4.69, 9.17) is 23.2 Å². The highest BCUT2D eigenvalue weighted by Crippen LogP contribution is 2.36. The fourth-order valence-corrected chi connectivity index (χ4v) is 3.87. The largest absolute Gasteiger partial charge is 0.384 e. The fraction of sp³-hybridized carbons (Fsp3) is 0.176. The summed E-state index contributed by atoms with van der Waals surface area (Å²) >= 11 is 13.8. The molecule has 0 fully saturated rings. The summed E-state index contributed by atoms with van der Waals surface area (Å²) in [6.45, 7) is 1.81. The topological polar surface area (TPSA) is 20.2 Å². The van der Waals surface area contributed by atoms with Gasteiger partial charge in [0.25, 0.3) is 0 Å². The van der Waals surface area contributed by atoms with E-state index in [-0.39, 0.29) is 0 Å². The van der Waals surface area contributed by atoms with Gasteiger partial charge in [0.1, 0.15) is 5.60 Å². The van der Waals surface area contributed by atoms with Gasteiger partial charge >= 0.3 is 0 Å². The van der Waals surface area contributed by atoms with Crippen molar-refractivity contribution in [3.8, 4) is 0 Å². The van der Waals surface area contributed by atoms with E-state index in [1.807, 2.05) is 31.2 Å². The first-order valence-corrected chi connectivity index (χ1v) is 8.18. The van der Waals surface area contributed by atoms with Crippen molar-refractivity contribution in [2.45, 2.75) is 18.9 Å². The molecule has 0 saturated carbocycles. The molecule has 0 spiro atoms. The Bertz CT molecular complexity index is 759. The fourth-order valence-electron chi connectivity index (χ4n) is 2.38. The number of hydrogen-bond donors (Lipinski definition) is 1. The number of thiophene rings is 1. The van der Waals surface area contributed by atoms with Crippen molar-refractivity contribution in [3.05, 3.63) is 69.0 Å². The molecule has 1 unspecified atom stereocenters. The lowest BCUT2D eigenvalue weighted by Crippen LogP contribution is -2.23. The van der Waals surface area contributed by atoms with Crippen LogP contribution in [0.3, 0.4) is 0 Å². The molecule has 0 amide bonds. The van der Waals surface area contributed by atoms with Gasteiger partial charge in [-0.25, -0.2) is 0 Å². The third kappa shape index (κ3) is 3.09. The van der Waals surface area contributed by atoms with Crippen LogP contribution in [0, 0.1) is 0 Å². The molecule has 1 N–H and O–H groups in total. The quantitative estimate of drug-likeness (QED) is 0.654. The Hall–Kier alpha value is -1.06. The van der Waals surface area contributed by atoms with Crippen LogP contribution in [0.5, 0.6) is 0 Å². The van der Waals surface area contributed by atoms with Gasteiger partial charge in [0.05, 0.1) is 0 Å². The molecule has 1 nitrogen and oxygen atoms in total. The molecular formula is C17H14Cl2OS. The number of hydrogen-bond acceptors (Lipinski definition) is 2. The van der Waals surface area contributed by atoms with Gasteiger partial charge in [-0.15, -0.1) is 11.3 Å². The predicted octanol–water partition coefficient (Wildman–Crippen LogP) is 5.66. The molecule has 21 heavy (non-hydrogen) atoms. The maximum absolute atomic E-state index is 10.9. The van der Waals surface area contributed by atoms with Gasteiger partial charge in [-0.05, 0) is 48.2 Å². The first kappa shape index (κ1) is 14.9. The van der Waals surface area contributed by atoms with Crippen molar-refractivity contribution in [1.82, 2.24) is 0 Å². The van der Waals surface area contributed by atoms with Crippen molar-refractivity contribution < 1.29 is 5.11 Å². The molecule has 3 rings (SSSR count). The maximum atomic E-state index is 10.9. The first-order valence-electron chi connectivity index (χ1n) is 6.61. The molecular weight excluding hydrogens is 323 g/mol. The smallest absolute Gasteiger partial charge is 0.100 e. The van der Waals surface area contributed by atoms with Gasteiger partial charge in [-0.1, -0.05) is 41.4 Å². The zero-order valence-corrected chi connectivity index (χ0v) is 13.8. The second-order valence-corrected chi connectivity index (χ2v) is 7.26. The van der Waals surface area contributed by atoms with E-state index in [1.54, 1.807) is 23.5 Å². The number of benzene rings is 2. The Morgan fingerprint density at radius 2 is 1.86 bits per heavy atom. The van der Waals surface area contributed by atoms with E-state index in [9.17, 15) is 5.11 Å². The molecule has 1 atom stereocenters. The van der Waals surface area contributed by atoms with Gasteiger partial charge in [0, 0.05) is 26.0 Å². The molecule has 4 heteroatoms. The molecule has 108 valence electrons. The van der Waals surface area contributed by atoms with Gasteiger partial charge in [0.2, 0.25) is 0 Å².